The Bertz CT molecular complexity index is 1040. The number of anilines is 1. The summed E-state index contributed by atoms with van der Waals surface area (Å²) in [6.07, 6.45) is 0. The minimum atomic E-state index is -0.0978. The summed E-state index contributed by atoms with van der Waals surface area (Å²) < 4.78 is 12.2. The van der Waals surface area contributed by atoms with E-state index >= 15 is 0 Å². The van der Waals surface area contributed by atoms with Gasteiger partial charge in [-0.1, -0.05) is 12.1 Å². The van der Waals surface area contributed by atoms with E-state index < -0.39 is 0 Å². The van der Waals surface area contributed by atoms with Crippen LogP contribution in [0, 0.1) is 0 Å². The molecule has 0 saturated carbocycles. The molecule has 7 nitrogen and oxygen atoms in total. The molecule has 0 atom stereocenters. The molecule has 0 unspecified atom stereocenters. The predicted octanol–water partition coefficient (Wildman–Crippen LogP) is 2.71. The highest BCUT2D eigenvalue weighted by Gasteiger charge is 2.20. The molecule has 30 heavy (non-hydrogen) atoms. The summed E-state index contributed by atoms with van der Waals surface area (Å²) in [7, 11) is 3.34. The zero-order valence-electron chi connectivity index (χ0n) is 17.3. The fourth-order valence-corrected chi connectivity index (χ4v) is 3.68. The quantitative estimate of drug-likeness (QED) is 0.627. The Morgan fingerprint density at radius 1 is 0.867 bits per heavy atom. The number of methoxy groups -OCH3 is 2. The largest absolute Gasteiger partial charge is 0.497 e. The van der Waals surface area contributed by atoms with Crippen molar-refractivity contribution in [2.45, 2.75) is 6.67 Å². The number of hydrogen-bond donors (Lipinski definition) is 0. The first-order chi connectivity index (χ1) is 14.7. The van der Waals surface area contributed by atoms with Crippen LogP contribution in [0.25, 0.3) is 11.3 Å². The van der Waals surface area contributed by atoms with E-state index in [-0.39, 0.29) is 5.56 Å². The molecule has 4 rings (SSSR count). The van der Waals surface area contributed by atoms with Gasteiger partial charge in [-0.3, -0.25) is 9.69 Å². The van der Waals surface area contributed by atoms with Gasteiger partial charge in [-0.2, -0.15) is 5.10 Å². The minimum Gasteiger partial charge on any atom is -0.497 e. The van der Waals surface area contributed by atoms with Crippen molar-refractivity contribution in [1.29, 1.82) is 0 Å². The van der Waals surface area contributed by atoms with Crippen molar-refractivity contribution in [1.82, 2.24) is 14.7 Å². The highest BCUT2D eigenvalue weighted by Crippen LogP contribution is 2.28. The zero-order valence-corrected chi connectivity index (χ0v) is 17.3. The topological polar surface area (TPSA) is 59.8 Å². The normalized spacial score (nSPS) is 14.5. The molecule has 1 saturated heterocycles. The Balaban J connectivity index is 1.44. The Morgan fingerprint density at radius 3 is 2.30 bits per heavy atom. The van der Waals surface area contributed by atoms with E-state index in [0.717, 1.165) is 54.6 Å². The van der Waals surface area contributed by atoms with Crippen LogP contribution in [0.5, 0.6) is 11.5 Å². The summed E-state index contributed by atoms with van der Waals surface area (Å²) in [5, 5.41) is 4.58. The van der Waals surface area contributed by atoms with Gasteiger partial charge in [0, 0.05) is 37.8 Å². The van der Waals surface area contributed by atoms with Gasteiger partial charge in [-0.05, 0) is 42.5 Å². The molecular weight excluding hydrogens is 380 g/mol. The van der Waals surface area contributed by atoms with E-state index in [4.69, 9.17) is 9.47 Å². The number of hydrogen-bond acceptors (Lipinski definition) is 6. The molecule has 1 fully saturated rings. The molecule has 1 aliphatic heterocycles. The number of nitrogens with zero attached hydrogens (tertiary/aromatic N) is 4. The molecule has 2 heterocycles. The predicted molar refractivity (Wildman–Crippen MR) is 117 cm³/mol. The summed E-state index contributed by atoms with van der Waals surface area (Å²) >= 11 is 0. The summed E-state index contributed by atoms with van der Waals surface area (Å²) in [6, 6.07) is 19.1. The number of rotatable bonds is 6. The van der Waals surface area contributed by atoms with Crippen molar-refractivity contribution in [3.8, 4) is 22.8 Å². The number of aromatic nitrogens is 2. The molecule has 0 spiro atoms. The second-order valence-corrected chi connectivity index (χ2v) is 7.20. The monoisotopic (exact) mass is 406 g/mol. The van der Waals surface area contributed by atoms with Crippen LogP contribution >= 0.6 is 0 Å². The highest BCUT2D eigenvalue weighted by atomic mass is 16.5. The first-order valence-electron chi connectivity index (χ1n) is 10.0. The average Bonchev–Trinajstić information content (AvgIpc) is 2.81. The van der Waals surface area contributed by atoms with Gasteiger partial charge < -0.3 is 14.4 Å². The van der Waals surface area contributed by atoms with Crippen LogP contribution in [-0.2, 0) is 6.67 Å². The smallest absolute Gasteiger partial charge is 0.268 e. The van der Waals surface area contributed by atoms with Gasteiger partial charge >= 0.3 is 0 Å². The lowest BCUT2D eigenvalue weighted by Crippen LogP contribution is -2.48. The number of benzene rings is 2. The lowest BCUT2D eigenvalue weighted by Gasteiger charge is -2.36. The molecule has 2 aromatic carbocycles. The molecule has 156 valence electrons. The molecule has 0 aliphatic carbocycles. The number of piperazine rings is 1. The third kappa shape index (κ3) is 4.31. The average molecular weight is 406 g/mol. The van der Waals surface area contributed by atoms with Gasteiger partial charge in [-0.15, -0.1) is 0 Å². The molecule has 7 heteroatoms. The van der Waals surface area contributed by atoms with E-state index in [2.05, 4.69) is 21.0 Å². The first kappa shape index (κ1) is 20.0. The van der Waals surface area contributed by atoms with Gasteiger partial charge in [0.25, 0.3) is 5.56 Å². The van der Waals surface area contributed by atoms with Crippen molar-refractivity contribution >= 4 is 5.69 Å². The molecule has 0 amide bonds. The molecule has 1 aliphatic rings. The van der Waals surface area contributed by atoms with Crippen molar-refractivity contribution in [3.63, 3.8) is 0 Å². The van der Waals surface area contributed by atoms with E-state index in [1.54, 1.807) is 31.0 Å². The van der Waals surface area contributed by atoms with E-state index in [9.17, 15) is 4.79 Å². The van der Waals surface area contributed by atoms with Crippen molar-refractivity contribution in [2.75, 3.05) is 45.3 Å². The standard InChI is InChI=1S/C23H26N4O3/c1-29-19-9-7-18(8-10-19)20-11-12-23(28)27(24-20)17-25-13-15-26(16-14-25)21-5-3-4-6-22(21)30-2/h3-12H,13-17H2,1-2H3. The van der Waals surface area contributed by atoms with E-state index in [1.165, 1.54) is 0 Å². The summed E-state index contributed by atoms with van der Waals surface area (Å²) in [4.78, 5) is 16.9. The van der Waals surface area contributed by atoms with Gasteiger partial charge in [0.2, 0.25) is 0 Å². The summed E-state index contributed by atoms with van der Waals surface area (Å²) in [5.74, 6) is 1.68. The van der Waals surface area contributed by atoms with Crippen molar-refractivity contribution in [2.24, 2.45) is 0 Å². The van der Waals surface area contributed by atoms with Crippen LogP contribution in [0.2, 0.25) is 0 Å². The van der Waals surface area contributed by atoms with E-state index in [1.807, 2.05) is 42.5 Å². The van der Waals surface area contributed by atoms with Crippen LogP contribution in [0.4, 0.5) is 5.69 Å². The van der Waals surface area contributed by atoms with Crippen LogP contribution in [-0.4, -0.2) is 55.1 Å². The fourth-order valence-electron chi connectivity index (χ4n) is 3.68. The van der Waals surface area contributed by atoms with Crippen LogP contribution < -0.4 is 19.9 Å². The lowest BCUT2D eigenvalue weighted by molar-refractivity contribution is 0.191. The summed E-state index contributed by atoms with van der Waals surface area (Å²) in [5.41, 5.74) is 2.73. The Hall–Kier alpha value is -3.32. The summed E-state index contributed by atoms with van der Waals surface area (Å²) in [6.45, 7) is 3.90. The maximum absolute atomic E-state index is 12.4. The number of ether oxygens (including phenoxy) is 2. The third-order valence-corrected chi connectivity index (χ3v) is 5.38. The maximum atomic E-state index is 12.4. The Labute approximate surface area is 176 Å². The molecule has 1 aromatic heterocycles. The second-order valence-electron chi connectivity index (χ2n) is 7.20. The highest BCUT2D eigenvalue weighted by molar-refractivity contribution is 5.59. The van der Waals surface area contributed by atoms with E-state index in [0.29, 0.717) is 6.67 Å². The Morgan fingerprint density at radius 2 is 1.60 bits per heavy atom. The zero-order chi connectivity index (χ0) is 20.9. The SMILES string of the molecule is COc1ccc(-c2ccc(=O)n(CN3CCN(c4ccccc4OC)CC3)n2)cc1. The van der Waals surface area contributed by atoms with Gasteiger partial charge in [0.15, 0.2) is 0 Å². The van der Waals surface area contributed by atoms with Crippen LogP contribution in [0.15, 0.2) is 65.5 Å². The van der Waals surface area contributed by atoms with Gasteiger partial charge in [0.1, 0.15) is 11.5 Å². The second kappa shape index (κ2) is 9.00. The Kier molecular flexibility index (Phi) is 5.99. The molecule has 0 radical (unpaired) electrons. The minimum absolute atomic E-state index is 0.0978. The fraction of sp³-hybridized carbons (Fsp3) is 0.304. The maximum Gasteiger partial charge on any atom is 0.268 e. The molecule has 3 aromatic rings. The number of para-hydroxylation sites is 2. The third-order valence-electron chi connectivity index (χ3n) is 5.38. The molecule has 0 N–H and O–H groups in total. The van der Waals surface area contributed by atoms with Gasteiger partial charge in [0.05, 0.1) is 32.3 Å². The lowest BCUT2D eigenvalue weighted by atomic mass is 10.1. The molecular formula is C23H26N4O3. The first-order valence-corrected chi connectivity index (χ1v) is 10.0. The van der Waals surface area contributed by atoms with Gasteiger partial charge in [-0.25, -0.2) is 4.68 Å². The van der Waals surface area contributed by atoms with Crippen LogP contribution in [0.3, 0.4) is 0 Å². The molecule has 0 bridgehead atoms. The van der Waals surface area contributed by atoms with Crippen molar-refractivity contribution in [3.05, 3.63) is 71.0 Å². The van der Waals surface area contributed by atoms with Crippen molar-refractivity contribution < 1.29 is 9.47 Å². The van der Waals surface area contributed by atoms with Crippen LogP contribution in [0.1, 0.15) is 0 Å².